The van der Waals surface area contributed by atoms with Gasteiger partial charge in [-0.3, -0.25) is 4.79 Å². The van der Waals surface area contributed by atoms with Crippen LogP contribution in [-0.2, 0) is 0 Å². The smallest absolute Gasteiger partial charge is 0.170 e. The SMILES string of the molecule is O=Cc1cnc(SCCl)cn1. The van der Waals surface area contributed by atoms with Gasteiger partial charge in [0.1, 0.15) is 10.7 Å². The molecule has 0 atom stereocenters. The topological polar surface area (TPSA) is 42.9 Å². The van der Waals surface area contributed by atoms with E-state index in [0.717, 1.165) is 5.03 Å². The summed E-state index contributed by atoms with van der Waals surface area (Å²) in [5, 5.41) is 1.17. The first-order valence-corrected chi connectivity index (χ1v) is 4.35. The van der Waals surface area contributed by atoms with Gasteiger partial charge < -0.3 is 0 Å². The van der Waals surface area contributed by atoms with Crippen LogP contribution in [0.1, 0.15) is 10.5 Å². The molecule has 58 valence electrons. The molecule has 0 N–H and O–H groups in total. The van der Waals surface area contributed by atoms with Crippen molar-refractivity contribution in [1.82, 2.24) is 9.97 Å². The van der Waals surface area contributed by atoms with Crippen molar-refractivity contribution in [2.45, 2.75) is 5.03 Å². The Hall–Kier alpha value is -0.610. The van der Waals surface area contributed by atoms with E-state index >= 15 is 0 Å². The number of hydrogen-bond donors (Lipinski definition) is 0. The summed E-state index contributed by atoms with van der Waals surface area (Å²) >= 11 is 6.81. The predicted molar refractivity (Wildman–Crippen MR) is 44.0 cm³/mol. The van der Waals surface area contributed by atoms with E-state index in [-0.39, 0.29) is 0 Å². The minimum atomic E-state index is 0.337. The molecule has 0 saturated carbocycles. The van der Waals surface area contributed by atoms with E-state index in [0.29, 0.717) is 17.2 Å². The molecule has 0 aromatic carbocycles. The quantitative estimate of drug-likeness (QED) is 0.410. The van der Waals surface area contributed by atoms with Gasteiger partial charge in [0.2, 0.25) is 0 Å². The van der Waals surface area contributed by atoms with Gasteiger partial charge >= 0.3 is 0 Å². The number of aldehydes is 1. The van der Waals surface area contributed by atoms with Crippen LogP contribution in [0.5, 0.6) is 0 Å². The first-order chi connectivity index (χ1) is 5.36. The maximum Gasteiger partial charge on any atom is 0.170 e. The average Bonchev–Trinajstić information content (AvgIpc) is 2.07. The number of hydrogen-bond acceptors (Lipinski definition) is 4. The minimum absolute atomic E-state index is 0.337. The van der Waals surface area contributed by atoms with Crippen molar-refractivity contribution in [3.05, 3.63) is 18.1 Å². The van der Waals surface area contributed by atoms with Crippen LogP contribution in [0.25, 0.3) is 0 Å². The van der Waals surface area contributed by atoms with Gasteiger partial charge in [-0.05, 0) is 0 Å². The first kappa shape index (κ1) is 8.49. The monoisotopic (exact) mass is 188 g/mol. The summed E-state index contributed by atoms with van der Waals surface area (Å²) in [5.41, 5.74) is 0.337. The lowest BCUT2D eigenvalue weighted by Crippen LogP contribution is -1.88. The molecule has 0 spiro atoms. The Morgan fingerprint density at radius 3 is 2.82 bits per heavy atom. The summed E-state index contributed by atoms with van der Waals surface area (Å²) < 4.78 is 0. The Bertz CT molecular complexity index is 239. The third-order valence-electron chi connectivity index (χ3n) is 0.971. The molecule has 0 amide bonds. The average molecular weight is 189 g/mol. The Labute approximate surface area is 73.2 Å². The molecule has 0 aliphatic carbocycles. The Morgan fingerprint density at radius 2 is 2.36 bits per heavy atom. The van der Waals surface area contributed by atoms with Gasteiger partial charge in [-0.25, -0.2) is 9.97 Å². The summed E-state index contributed by atoms with van der Waals surface area (Å²) in [6.45, 7) is 0. The number of aromatic nitrogens is 2. The first-order valence-electron chi connectivity index (χ1n) is 2.83. The molecule has 0 bridgehead atoms. The van der Waals surface area contributed by atoms with Crippen LogP contribution in [0.15, 0.2) is 17.4 Å². The summed E-state index contributed by atoms with van der Waals surface area (Å²) in [7, 11) is 0. The molecule has 1 rings (SSSR count). The molecular weight excluding hydrogens is 184 g/mol. The van der Waals surface area contributed by atoms with Crippen molar-refractivity contribution < 1.29 is 4.79 Å². The molecule has 0 saturated heterocycles. The van der Waals surface area contributed by atoms with Crippen molar-refractivity contribution in [3.8, 4) is 0 Å². The lowest BCUT2D eigenvalue weighted by atomic mass is 10.5. The standard InChI is InChI=1S/C6H5ClN2OS/c7-4-11-6-2-8-5(3-10)1-9-6/h1-3H,4H2. The van der Waals surface area contributed by atoms with Gasteiger partial charge in [-0.15, -0.1) is 11.6 Å². The molecule has 5 heteroatoms. The molecule has 1 heterocycles. The van der Waals surface area contributed by atoms with Crippen molar-refractivity contribution in [2.24, 2.45) is 0 Å². The van der Waals surface area contributed by atoms with Crippen molar-refractivity contribution >= 4 is 29.6 Å². The molecule has 0 fully saturated rings. The van der Waals surface area contributed by atoms with E-state index in [1.165, 1.54) is 24.2 Å². The fraction of sp³-hybridized carbons (Fsp3) is 0.167. The van der Waals surface area contributed by atoms with E-state index in [4.69, 9.17) is 11.6 Å². The summed E-state index contributed by atoms with van der Waals surface area (Å²) in [6.07, 6.45) is 3.60. The molecule has 3 nitrogen and oxygen atoms in total. The lowest BCUT2D eigenvalue weighted by molar-refractivity contribution is 0.111. The number of nitrogens with zero attached hydrogens (tertiary/aromatic N) is 2. The van der Waals surface area contributed by atoms with Crippen molar-refractivity contribution in [3.63, 3.8) is 0 Å². The highest BCUT2D eigenvalue weighted by Gasteiger charge is 1.94. The second kappa shape index (κ2) is 4.31. The number of thioether (sulfide) groups is 1. The Kier molecular flexibility index (Phi) is 3.32. The number of rotatable bonds is 3. The fourth-order valence-electron chi connectivity index (χ4n) is 0.517. The number of halogens is 1. The van der Waals surface area contributed by atoms with Crippen LogP contribution in [0.2, 0.25) is 0 Å². The normalized spacial score (nSPS) is 9.55. The number of carbonyl (C=O) groups is 1. The highest BCUT2D eigenvalue weighted by atomic mass is 35.5. The number of alkyl halides is 1. The van der Waals surface area contributed by atoms with E-state index in [1.807, 2.05) is 0 Å². The highest BCUT2D eigenvalue weighted by Crippen LogP contribution is 2.13. The largest absolute Gasteiger partial charge is 0.296 e. The van der Waals surface area contributed by atoms with E-state index < -0.39 is 0 Å². The van der Waals surface area contributed by atoms with Crippen LogP contribution < -0.4 is 0 Å². The van der Waals surface area contributed by atoms with Gasteiger partial charge in [-0.2, -0.15) is 0 Å². The lowest BCUT2D eigenvalue weighted by Gasteiger charge is -1.93. The fourth-order valence-corrected chi connectivity index (χ4v) is 1.22. The molecule has 0 unspecified atom stereocenters. The molecule has 1 aromatic rings. The predicted octanol–water partition coefficient (Wildman–Crippen LogP) is 1.58. The zero-order valence-electron chi connectivity index (χ0n) is 5.53. The van der Waals surface area contributed by atoms with E-state index in [2.05, 4.69) is 9.97 Å². The van der Waals surface area contributed by atoms with Gasteiger partial charge in [0.05, 0.1) is 17.6 Å². The molecule has 0 radical (unpaired) electrons. The van der Waals surface area contributed by atoms with Gasteiger partial charge in [-0.1, -0.05) is 11.8 Å². The zero-order chi connectivity index (χ0) is 8.10. The van der Waals surface area contributed by atoms with Crippen LogP contribution in [0.4, 0.5) is 0 Å². The van der Waals surface area contributed by atoms with Crippen molar-refractivity contribution in [1.29, 1.82) is 0 Å². The molecular formula is C6H5ClN2OS. The molecule has 0 aliphatic rings. The van der Waals surface area contributed by atoms with Gasteiger partial charge in [0, 0.05) is 0 Å². The van der Waals surface area contributed by atoms with E-state index in [1.54, 1.807) is 0 Å². The van der Waals surface area contributed by atoms with Crippen molar-refractivity contribution in [2.75, 3.05) is 5.21 Å². The Morgan fingerprint density at radius 1 is 1.55 bits per heavy atom. The third kappa shape index (κ3) is 2.48. The summed E-state index contributed by atoms with van der Waals surface area (Å²) in [6, 6.07) is 0. The van der Waals surface area contributed by atoms with Crippen LogP contribution in [0.3, 0.4) is 0 Å². The minimum Gasteiger partial charge on any atom is -0.296 e. The molecule has 1 aromatic heterocycles. The molecule has 0 aliphatic heterocycles. The van der Waals surface area contributed by atoms with E-state index in [9.17, 15) is 4.79 Å². The third-order valence-corrected chi connectivity index (χ3v) is 1.91. The second-order valence-electron chi connectivity index (χ2n) is 1.65. The maximum atomic E-state index is 10.1. The molecule has 11 heavy (non-hydrogen) atoms. The Balaban J connectivity index is 2.74. The van der Waals surface area contributed by atoms with Gasteiger partial charge in [0.15, 0.2) is 6.29 Å². The highest BCUT2D eigenvalue weighted by molar-refractivity contribution is 8.00. The zero-order valence-corrected chi connectivity index (χ0v) is 7.10. The second-order valence-corrected chi connectivity index (χ2v) is 3.23. The maximum absolute atomic E-state index is 10.1. The summed E-state index contributed by atoms with van der Waals surface area (Å²) in [4.78, 5) is 17.9. The summed E-state index contributed by atoms with van der Waals surface area (Å²) in [5.74, 6) is 0. The van der Waals surface area contributed by atoms with Gasteiger partial charge in [0.25, 0.3) is 0 Å². The van der Waals surface area contributed by atoms with Crippen LogP contribution >= 0.6 is 23.4 Å². The van der Waals surface area contributed by atoms with Crippen LogP contribution in [0, 0.1) is 0 Å². The number of carbonyl (C=O) groups excluding carboxylic acids is 1. The van der Waals surface area contributed by atoms with Crippen LogP contribution in [-0.4, -0.2) is 21.5 Å².